The summed E-state index contributed by atoms with van der Waals surface area (Å²) in [5, 5.41) is 0. The van der Waals surface area contributed by atoms with E-state index in [0.29, 0.717) is 12.4 Å². The van der Waals surface area contributed by atoms with Crippen LogP contribution < -0.4 is 0 Å². The molecule has 20 heavy (non-hydrogen) atoms. The number of hydrogen-bond donors (Lipinski definition) is 0. The molecule has 1 aliphatic heterocycles. The molecule has 0 unspecified atom stereocenters. The largest absolute Gasteiger partial charge is 0.444 e. The fourth-order valence-corrected chi connectivity index (χ4v) is 2.07. The van der Waals surface area contributed by atoms with Crippen LogP contribution >= 0.6 is 0 Å². The van der Waals surface area contributed by atoms with E-state index in [1.807, 2.05) is 26.8 Å². The van der Waals surface area contributed by atoms with E-state index in [1.165, 1.54) is 0 Å². The summed E-state index contributed by atoms with van der Waals surface area (Å²) in [4.78, 5) is 22.2. The molecular formula is C15H21N3O2. The topological polar surface area (TPSA) is 55.3 Å². The minimum absolute atomic E-state index is 0.253. The molecule has 1 aromatic rings. The third-order valence-electron chi connectivity index (χ3n) is 2.89. The highest BCUT2D eigenvalue weighted by Crippen LogP contribution is 2.19. The molecule has 1 aromatic heterocycles. The number of rotatable bonds is 1. The van der Waals surface area contributed by atoms with Crippen LogP contribution in [-0.2, 0) is 4.74 Å². The number of aromatic nitrogens is 2. The summed E-state index contributed by atoms with van der Waals surface area (Å²) >= 11 is 0. The Morgan fingerprint density at radius 3 is 2.70 bits per heavy atom. The zero-order chi connectivity index (χ0) is 14.6. The van der Waals surface area contributed by atoms with Gasteiger partial charge in [-0.25, -0.2) is 14.8 Å². The summed E-state index contributed by atoms with van der Waals surface area (Å²) in [7, 11) is 0. The van der Waals surface area contributed by atoms with E-state index in [-0.39, 0.29) is 6.09 Å². The molecule has 0 saturated carbocycles. The van der Waals surface area contributed by atoms with Crippen LogP contribution in [0, 0.1) is 0 Å². The van der Waals surface area contributed by atoms with Crippen molar-refractivity contribution < 1.29 is 9.53 Å². The highest BCUT2D eigenvalue weighted by atomic mass is 16.6. The number of carbonyl (C=O) groups is 1. The lowest BCUT2D eigenvalue weighted by atomic mass is 10.0. The van der Waals surface area contributed by atoms with Gasteiger partial charge in [-0.15, -0.1) is 0 Å². The number of piperidine rings is 1. The molecule has 5 heteroatoms. The van der Waals surface area contributed by atoms with Crippen molar-refractivity contribution >= 4 is 12.2 Å². The van der Waals surface area contributed by atoms with Crippen LogP contribution in [0.2, 0.25) is 0 Å². The average molecular weight is 275 g/mol. The van der Waals surface area contributed by atoms with Gasteiger partial charge >= 0.3 is 6.09 Å². The van der Waals surface area contributed by atoms with Gasteiger partial charge in [0.2, 0.25) is 0 Å². The lowest BCUT2D eigenvalue weighted by molar-refractivity contribution is 0.0247. The van der Waals surface area contributed by atoms with E-state index < -0.39 is 5.60 Å². The zero-order valence-corrected chi connectivity index (χ0v) is 12.3. The van der Waals surface area contributed by atoms with Crippen molar-refractivity contribution in [1.82, 2.24) is 14.9 Å². The molecule has 0 atom stereocenters. The maximum absolute atomic E-state index is 12.1. The van der Waals surface area contributed by atoms with Crippen molar-refractivity contribution in [3.63, 3.8) is 0 Å². The maximum atomic E-state index is 12.1. The Kier molecular flexibility index (Phi) is 4.37. The number of likely N-dealkylation sites (tertiary alicyclic amines) is 1. The second-order valence-electron chi connectivity index (χ2n) is 5.92. The lowest BCUT2D eigenvalue weighted by Gasteiger charge is -2.31. The smallest absolute Gasteiger partial charge is 0.410 e. The minimum atomic E-state index is -0.457. The lowest BCUT2D eigenvalue weighted by Crippen LogP contribution is -2.40. The molecule has 1 saturated heterocycles. The van der Waals surface area contributed by atoms with Gasteiger partial charge in [-0.05, 0) is 51.3 Å². The normalized spacial score (nSPS) is 18.1. The monoisotopic (exact) mass is 275 g/mol. The first-order valence-electron chi connectivity index (χ1n) is 6.88. The van der Waals surface area contributed by atoms with Crippen molar-refractivity contribution in [3.8, 4) is 0 Å². The number of hydrogen-bond acceptors (Lipinski definition) is 4. The Bertz CT molecular complexity index is 492. The summed E-state index contributed by atoms with van der Waals surface area (Å²) < 4.78 is 5.40. The molecule has 2 rings (SSSR count). The second kappa shape index (κ2) is 6.03. The van der Waals surface area contributed by atoms with Crippen LogP contribution in [0.5, 0.6) is 0 Å². The van der Waals surface area contributed by atoms with Gasteiger partial charge in [0.05, 0.1) is 0 Å². The van der Waals surface area contributed by atoms with Gasteiger partial charge in [0.25, 0.3) is 0 Å². The summed E-state index contributed by atoms with van der Waals surface area (Å²) in [5.74, 6) is 0.688. The molecule has 108 valence electrons. The Labute approximate surface area is 119 Å². The Morgan fingerprint density at radius 1 is 1.35 bits per heavy atom. The van der Waals surface area contributed by atoms with Gasteiger partial charge in [-0.2, -0.15) is 0 Å². The van der Waals surface area contributed by atoms with Gasteiger partial charge in [0, 0.05) is 25.5 Å². The summed E-state index contributed by atoms with van der Waals surface area (Å²) in [6.45, 7) is 6.96. The van der Waals surface area contributed by atoms with Gasteiger partial charge in [-0.3, -0.25) is 0 Å². The molecule has 0 spiro atoms. The molecule has 1 amide bonds. The number of nitrogens with zero attached hydrogens (tertiary/aromatic N) is 3. The van der Waals surface area contributed by atoms with Gasteiger partial charge in [0.15, 0.2) is 5.82 Å². The SMILES string of the molecule is CC(C)(C)OC(=O)N1CCC/C(=C\c2ncccn2)C1. The fraction of sp³-hybridized carbons (Fsp3) is 0.533. The summed E-state index contributed by atoms with van der Waals surface area (Å²) in [5.41, 5.74) is 0.703. The van der Waals surface area contributed by atoms with Gasteiger partial charge in [0.1, 0.15) is 5.60 Å². The molecule has 0 N–H and O–H groups in total. The Balaban J connectivity index is 2.02. The zero-order valence-electron chi connectivity index (χ0n) is 12.3. The van der Waals surface area contributed by atoms with E-state index in [4.69, 9.17) is 4.74 Å². The highest BCUT2D eigenvalue weighted by molar-refractivity contribution is 5.69. The third kappa shape index (κ3) is 4.33. The number of amides is 1. The van der Waals surface area contributed by atoms with Crippen molar-refractivity contribution in [2.24, 2.45) is 0 Å². The third-order valence-corrected chi connectivity index (χ3v) is 2.89. The van der Waals surface area contributed by atoms with Crippen molar-refractivity contribution in [2.75, 3.05) is 13.1 Å². The van der Waals surface area contributed by atoms with E-state index in [9.17, 15) is 4.79 Å². The molecule has 1 fully saturated rings. The Hall–Kier alpha value is -1.91. The van der Waals surface area contributed by atoms with Crippen LogP contribution in [0.15, 0.2) is 24.0 Å². The van der Waals surface area contributed by atoms with Gasteiger partial charge < -0.3 is 9.64 Å². The van der Waals surface area contributed by atoms with Crippen LogP contribution in [0.1, 0.15) is 39.4 Å². The van der Waals surface area contributed by atoms with Crippen LogP contribution in [-0.4, -0.2) is 39.7 Å². The van der Waals surface area contributed by atoms with E-state index >= 15 is 0 Å². The van der Waals surface area contributed by atoms with Crippen LogP contribution in [0.4, 0.5) is 4.79 Å². The average Bonchev–Trinajstić information content (AvgIpc) is 2.38. The first-order valence-corrected chi connectivity index (χ1v) is 6.88. The van der Waals surface area contributed by atoms with Gasteiger partial charge in [-0.1, -0.05) is 0 Å². The summed E-state index contributed by atoms with van der Waals surface area (Å²) in [6.07, 6.45) is 7.05. The summed E-state index contributed by atoms with van der Waals surface area (Å²) in [6, 6.07) is 1.79. The molecular weight excluding hydrogens is 254 g/mol. The molecule has 0 bridgehead atoms. The number of carbonyl (C=O) groups excluding carboxylic acids is 1. The molecule has 0 aliphatic carbocycles. The highest BCUT2D eigenvalue weighted by Gasteiger charge is 2.24. The first kappa shape index (κ1) is 14.5. The van der Waals surface area contributed by atoms with E-state index in [1.54, 1.807) is 23.4 Å². The molecule has 5 nitrogen and oxygen atoms in total. The quantitative estimate of drug-likeness (QED) is 0.790. The molecule has 0 aromatic carbocycles. The second-order valence-corrected chi connectivity index (χ2v) is 5.92. The first-order chi connectivity index (χ1) is 9.44. The maximum Gasteiger partial charge on any atom is 0.410 e. The molecule has 1 aliphatic rings. The predicted octanol–water partition coefficient (Wildman–Crippen LogP) is 2.89. The molecule has 0 radical (unpaired) electrons. The Morgan fingerprint density at radius 2 is 2.05 bits per heavy atom. The molecule has 2 heterocycles. The minimum Gasteiger partial charge on any atom is -0.444 e. The number of ether oxygens (including phenoxy) is 1. The van der Waals surface area contributed by atoms with E-state index in [0.717, 1.165) is 25.0 Å². The van der Waals surface area contributed by atoms with Crippen LogP contribution in [0.3, 0.4) is 0 Å². The predicted molar refractivity (Wildman–Crippen MR) is 77.1 cm³/mol. The van der Waals surface area contributed by atoms with Crippen molar-refractivity contribution in [3.05, 3.63) is 29.9 Å². The van der Waals surface area contributed by atoms with Crippen LogP contribution in [0.25, 0.3) is 6.08 Å². The van der Waals surface area contributed by atoms with Crippen molar-refractivity contribution in [1.29, 1.82) is 0 Å². The fourth-order valence-electron chi connectivity index (χ4n) is 2.07. The van der Waals surface area contributed by atoms with Crippen molar-refractivity contribution in [2.45, 2.75) is 39.2 Å². The standard InChI is InChI=1S/C15H21N3O2/c1-15(2,3)20-14(19)18-9-4-6-12(11-18)10-13-16-7-5-8-17-13/h5,7-8,10H,4,6,9,11H2,1-3H3/b12-10+. The van der Waals surface area contributed by atoms with E-state index in [2.05, 4.69) is 9.97 Å².